The molecular formula is C16H18N2O. The Hall–Kier alpha value is -1.90. The summed E-state index contributed by atoms with van der Waals surface area (Å²) < 4.78 is 2.08. The van der Waals surface area contributed by atoms with Crippen LogP contribution in [0.5, 0.6) is 0 Å². The highest BCUT2D eigenvalue weighted by Gasteiger charge is 2.19. The molecule has 3 heteroatoms. The molecule has 3 nitrogen and oxygen atoms in total. The largest absolute Gasteiger partial charge is 0.325 e. The Morgan fingerprint density at radius 2 is 2.05 bits per heavy atom. The first-order chi connectivity index (χ1) is 9.33. The third-order valence-corrected chi connectivity index (χ3v) is 3.87. The van der Waals surface area contributed by atoms with Gasteiger partial charge in [-0.05, 0) is 24.8 Å². The normalized spacial score (nSPS) is 14.2. The van der Waals surface area contributed by atoms with Crippen molar-refractivity contribution in [3.63, 3.8) is 0 Å². The van der Waals surface area contributed by atoms with Gasteiger partial charge in [-0.25, -0.2) is 4.98 Å². The van der Waals surface area contributed by atoms with Crippen LogP contribution in [-0.4, -0.2) is 15.8 Å². The molecule has 1 aromatic carbocycles. The first-order valence-electron chi connectivity index (χ1n) is 6.97. The van der Waals surface area contributed by atoms with Crippen LogP contribution in [-0.2, 0) is 19.4 Å². The number of fused-ring (bicyclic) bond motifs is 1. The fourth-order valence-electron chi connectivity index (χ4n) is 2.74. The van der Waals surface area contributed by atoms with Gasteiger partial charge in [-0.15, -0.1) is 0 Å². The summed E-state index contributed by atoms with van der Waals surface area (Å²) in [6.45, 7) is 3.06. The van der Waals surface area contributed by atoms with E-state index in [0.29, 0.717) is 0 Å². The molecule has 0 saturated heterocycles. The Morgan fingerprint density at radius 3 is 2.74 bits per heavy atom. The smallest absolute Gasteiger partial charge is 0.168 e. The van der Waals surface area contributed by atoms with Gasteiger partial charge < -0.3 is 4.57 Å². The number of hydrogen-bond acceptors (Lipinski definition) is 2. The first-order valence-corrected chi connectivity index (χ1v) is 6.97. The number of aryl methyl sites for hydroxylation is 2. The standard InChI is InChI=1S/C16H18N2O/c1-2-12-6-8-13(9-7-12)16-14(11-19)18-10-4-3-5-15(18)17-16/h6-9,11H,2-5,10H2,1H3. The van der Waals surface area contributed by atoms with Gasteiger partial charge in [0.15, 0.2) is 6.29 Å². The molecule has 0 bridgehead atoms. The molecule has 1 aliphatic heterocycles. The Balaban J connectivity index is 2.08. The fraction of sp³-hybridized carbons (Fsp3) is 0.375. The summed E-state index contributed by atoms with van der Waals surface area (Å²) in [5.74, 6) is 1.06. The van der Waals surface area contributed by atoms with E-state index < -0.39 is 0 Å². The molecule has 0 atom stereocenters. The molecule has 19 heavy (non-hydrogen) atoms. The van der Waals surface area contributed by atoms with Gasteiger partial charge in [-0.1, -0.05) is 31.2 Å². The summed E-state index contributed by atoms with van der Waals surface area (Å²) in [5, 5.41) is 0. The van der Waals surface area contributed by atoms with Crippen molar-refractivity contribution >= 4 is 6.29 Å². The van der Waals surface area contributed by atoms with Crippen LogP contribution in [0.3, 0.4) is 0 Å². The van der Waals surface area contributed by atoms with Gasteiger partial charge in [0.2, 0.25) is 0 Å². The quantitative estimate of drug-likeness (QED) is 0.788. The molecule has 98 valence electrons. The lowest BCUT2D eigenvalue weighted by atomic mass is 10.1. The van der Waals surface area contributed by atoms with E-state index in [1.54, 1.807) is 0 Å². The number of rotatable bonds is 3. The lowest BCUT2D eigenvalue weighted by molar-refractivity contribution is 0.111. The van der Waals surface area contributed by atoms with Crippen molar-refractivity contribution < 1.29 is 4.79 Å². The van der Waals surface area contributed by atoms with E-state index in [1.807, 2.05) is 0 Å². The third kappa shape index (κ3) is 2.09. The topological polar surface area (TPSA) is 34.9 Å². The number of benzene rings is 1. The number of carbonyl (C=O) groups excluding carboxylic acids is 1. The molecule has 0 amide bonds. The van der Waals surface area contributed by atoms with Gasteiger partial charge in [0, 0.05) is 18.5 Å². The Kier molecular flexibility index (Phi) is 3.20. The molecule has 3 rings (SSSR count). The summed E-state index contributed by atoms with van der Waals surface area (Å²) in [4.78, 5) is 16.1. The lowest BCUT2D eigenvalue weighted by Crippen LogP contribution is -2.12. The maximum Gasteiger partial charge on any atom is 0.168 e. The van der Waals surface area contributed by atoms with Gasteiger partial charge >= 0.3 is 0 Å². The summed E-state index contributed by atoms with van der Waals surface area (Å²) >= 11 is 0. The highest BCUT2D eigenvalue weighted by Crippen LogP contribution is 2.26. The highest BCUT2D eigenvalue weighted by atomic mass is 16.1. The predicted octanol–water partition coefficient (Wildman–Crippen LogP) is 3.26. The zero-order valence-electron chi connectivity index (χ0n) is 11.2. The Labute approximate surface area is 113 Å². The highest BCUT2D eigenvalue weighted by molar-refractivity contribution is 5.84. The zero-order chi connectivity index (χ0) is 13.2. The summed E-state index contributed by atoms with van der Waals surface area (Å²) in [6.07, 6.45) is 5.27. The molecular weight excluding hydrogens is 236 g/mol. The lowest BCUT2D eigenvalue weighted by Gasteiger charge is -2.13. The van der Waals surface area contributed by atoms with Crippen molar-refractivity contribution in [2.24, 2.45) is 0 Å². The summed E-state index contributed by atoms with van der Waals surface area (Å²) in [6, 6.07) is 8.37. The maximum absolute atomic E-state index is 11.4. The molecule has 1 aliphatic rings. The second-order valence-electron chi connectivity index (χ2n) is 5.04. The van der Waals surface area contributed by atoms with Crippen molar-refractivity contribution in [1.29, 1.82) is 0 Å². The average molecular weight is 254 g/mol. The predicted molar refractivity (Wildman–Crippen MR) is 75.4 cm³/mol. The van der Waals surface area contributed by atoms with E-state index in [-0.39, 0.29) is 0 Å². The fourth-order valence-corrected chi connectivity index (χ4v) is 2.74. The number of aldehydes is 1. The number of carbonyl (C=O) groups is 1. The number of imidazole rings is 1. The molecule has 0 saturated carbocycles. The molecule has 1 aromatic heterocycles. The van der Waals surface area contributed by atoms with E-state index in [0.717, 1.165) is 54.9 Å². The second-order valence-corrected chi connectivity index (χ2v) is 5.04. The molecule has 0 unspecified atom stereocenters. The third-order valence-electron chi connectivity index (χ3n) is 3.87. The van der Waals surface area contributed by atoms with Gasteiger partial charge in [-0.3, -0.25) is 4.79 Å². The molecule has 0 radical (unpaired) electrons. The molecule has 2 heterocycles. The molecule has 0 fully saturated rings. The minimum atomic E-state index is 0.735. The van der Waals surface area contributed by atoms with E-state index in [9.17, 15) is 4.79 Å². The number of aromatic nitrogens is 2. The van der Waals surface area contributed by atoms with Crippen LogP contribution < -0.4 is 0 Å². The Morgan fingerprint density at radius 1 is 1.26 bits per heavy atom. The van der Waals surface area contributed by atoms with Crippen LogP contribution in [0.2, 0.25) is 0 Å². The number of nitrogens with zero attached hydrogens (tertiary/aromatic N) is 2. The van der Waals surface area contributed by atoms with Crippen molar-refractivity contribution in [1.82, 2.24) is 9.55 Å². The van der Waals surface area contributed by atoms with Crippen LogP contribution >= 0.6 is 0 Å². The van der Waals surface area contributed by atoms with E-state index in [2.05, 4.69) is 40.7 Å². The van der Waals surface area contributed by atoms with Crippen molar-refractivity contribution in [2.45, 2.75) is 39.2 Å². The molecule has 0 aliphatic carbocycles. The zero-order valence-corrected chi connectivity index (χ0v) is 11.2. The maximum atomic E-state index is 11.4. The van der Waals surface area contributed by atoms with Gasteiger partial charge in [0.25, 0.3) is 0 Å². The van der Waals surface area contributed by atoms with E-state index in [1.165, 1.54) is 12.0 Å². The van der Waals surface area contributed by atoms with Crippen LogP contribution in [0.25, 0.3) is 11.3 Å². The van der Waals surface area contributed by atoms with Crippen molar-refractivity contribution in [3.05, 3.63) is 41.3 Å². The minimum Gasteiger partial charge on any atom is -0.325 e. The van der Waals surface area contributed by atoms with E-state index >= 15 is 0 Å². The first kappa shape index (κ1) is 12.2. The Bertz CT molecular complexity index is 596. The minimum absolute atomic E-state index is 0.735. The molecule has 0 spiro atoms. The summed E-state index contributed by atoms with van der Waals surface area (Å²) in [5.41, 5.74) is 3.93. The van der Waals surface area contributed by atoms with Crippen LogP contribution in [0.15, 0.2) is 24.3 Å². The van der Waals surface area contributed by atoms with E-state index in [4.69, 9.17) is 0 Å². The van der Waals surface area contributed by atoms with Gasteiger partial charge in [-0.2, -0.15) is 0 Å². The average Bonchev–Trinajstić information content (AvgIpc) is 2.85. The SMILES string of the molecule is CCc1ccc(-c2nc3n(c2C=O)CCCC3)cc1. The second kappa shape index (κ2) is 5.00. The van der Waals surface area contributed by atoms with Crippen molar-refractivity contribution in [2.75, 3.05) is 0 Å². The van der Waals surface area contributed by atoms with Crippen LogP contribution in [0, 0.1) is 0 Å². The molecule has 0 N–H and O–H groups in total. The number of hydrogen-bond donors (Lipinski definition) is 0. The van der Waals surface area contributed by atoms with Crippen LogP contribution in [0.4, 0.5) is 0 Å². The van der Waals surface area contributed by atoms with Gasteiger partial charge in [0.1, 0.15) is 11.5 Å². The van der Waals surface area contributed by atoms with Crippen LogP contribution in [0.1, 0.15) is 41.6 Å². The molecule has 2 aromatic rings. The summed E-state index contributed by atoms with van der Waals surface area (Å²) in [7, 11) is 0. The van der Waals surface area contributed by atoms with Gasteiger partial charge in [0.05, 0.1) is 5.69 Å². The van der Waals surface area contributed by atoms with Crippen molar-refractivity contribution in [3.8, 4) is 11.3 Å². The monoisotopic (exact) mass is 254 g/mol.